The summed E-state index contributed by atoms with van der Waals surface area (Å²) in [5.74, 6) is 0. The molecule has 0 amide bonds. The highest BCUT2D eigenvalue weighted by atomic mass is 28.2. The fraction of sp³-hybridized carbons (Fsp3) is 1.00. The highest BCUT2D eigenvalue weighted by molar-refractivity contribution is 6.04. The van der Waals surface area contributed by atoms with E-state index in [-0.39, 0.29) is 0 Å². The van der Waals surface area contributed by atoms with Gasteiger partial charge in [-0.2, -0.15) is 0 Å². The van der Waals surface area contributed by atoms with Crippen LogP contribution in [0.5, 0.6) is 0 Å². The summed E-state index contributed by atoms with van der Waals surface area (Å²) in [6.45, 7) is 4.48. The molecule has 0 aromatic rings. The van der Waals surface area contributed by atoms with Gasteiger partial charge in [-0.1, -0.05) is 13.8 Å². The third-order valence-electron chi connectivity index (χ3n) is 1.47. The van der Waals surface area contributed by atoms with E-state index in [9.17, 15) is 0 Å². The van der Waals surface area contributed by atoms with Crippen molar-refractivity contribution >= 4 is 10.4 Å². The van der Waals surface area contributed by atoms with Crippen LogP contribution in [0.15, 0.2) is 0 Å². The van der Waals surface area contributed by atoms with E-state index in [1.807, 2.05) is 0 Å². The van der Waals surface area contributed by atoms with Crippen molar-refractivity contribution in [1.29, 1.82) is 0 Å². The summed E-state index contributed by atoms with van der Waals surface area (Å²) in [5, 5.41) is 0. The van der Waals surface area contributed by atoms with Gasteiger partial charge in [-0.3, -0.25) is 0 Å². The lowest BCUT2D eigenvalue weighted by molar-refractivity contribution is 0.410. The third kappa shape index (κ3) is 2.82. The van der Waals surface area contributed by atoms with Crippen LogP contribution in [0.2, 0.25) is 0 Å². The van der Waals surface area contributed by atoms with Gasteiger partial charge in [0.2, 0.25) is 0 Å². The molecule has 0 heterocycles. The summed E-state index contributed by atoms with van der Waals surface area (Å²) in [6, 6.07) is 0.798. The summed E-state index contributed by atoms with van der Waals surface area (Å²) in [6.07, 6.45) is 1.28. The van der Waals surface area contributed by atoms with Crippen LogP contribution < -0.4 is 0 Å². The minimum absolute atomic E-state index is 0.798. The highest BCUT2D eigenvalue weighted by Crippen LogP contribution is 1.93. The zero-order chi connectivity index (χ0) is 5.86. The Bertz CT molecular complexity index is 45.3. The fourth-order valence-corrected chi connectivity index (χ4v) is 0.730. The molecular formula is C5H15NSi. The van der Waals surface area contributed by atoms with E-state index < -0.39 is 0 Å². The van der Waals surface area contributed by atoms with Gasteiger partial charge in [0.15, 0.2) is 0 Å². The maximum atomic E-state index is 2.36. The minimum atomic E-state index is 0.798. The lowest BCUT2D eigenvalue weighted by Crippen LogP contribution is -2.24. The fourth-order valence-electron chi connectivity index (χ4n) is 0.365. The summed E-state index contributed by atoms with van der Waals surface area (Å²) < 4.78 is 2.36. The molecule has 0 aliphatic rings. The highest BCUT2D eigenvalue weighted by Gasteiger charge is 1.96. The first-order valence-electron chi connectivity index (χ1n) is 2.85. The SMILES string of the molecule is CCC(C)N(C)[SiH3]. The first-order valence-corrected chi connectivity index (χ1v) is 3.74. The average molecular weight is 117 g/mol. The number of rotatable bonds is 2. The molecule has 44 valence electrons. The predicted molar refractivity (Wildman–Crippen MR) is 37.5 cm³/mol. The van der Waals surface area contributed by atoms with Gasteiger partial charge in [0, 0.05) is 0 Å². The minimum Gasteiger partial charge on any atom is -0.332 e. The van der Waals surface area contributed by atoms with Gasteiger partial charge < -0.3 is 4.57 Å². The van der Waals surface area contributed by atoms with Gasteiger partial charge in [-0.05, 0) is 19.5 Å². The first kappa shape index (κ1) is 7.18. The van der Waals surface area contributed by atoms with Crippen molar-refractivity contribution in [1.82, 2.24) is 4.57 Å². The van der Waals surface area contributed by atoms with E-state index in [2.05, 4.69) is 25.5 Å². The molecule has 0 saturated heterocycles. The zero-order valence-electron chi connectivity index (χ0n) is 5.73. The van der Waals surface area contributed by atoms with Crippen LogP contribution in [0, 0.1) is 0 Å². The summed E-state index contributed by atoms with van der Waals surface area (Å²) in [7, 11) is 3.36. The van der Waals surface area contributed by atoms with Gasteiger partial charge in [-0.25, -0.2) is 0 Å². The molecule has 0 bridgehead atoms. The van der Waals surface area contributed by atoms with Crippen LogP contribution in [0.1, 0.15) is 20.3 Å². The van der Waals surface area contributed by atoms with E-state index >= 15 is 0 Å². The van der Waals surface area contributed by atoms with Crippen molar-refractivity contribution in [2.75, 3.05) is 7.05 Å². The quantitative estimate of drug-likeness (QED) is 0.460. The second-order valence-electron chi connectivity index (χ2n) is 2.22. The second kappa shape index (κ2) is 3.21. The van der Waals surface area contributed by atoms with Crippen molar-refractivity contribution in [2.45, 2.75) is 26.3 Å². The Morgan fingerprint density at radius 1 is 1.71 bits per heavy atom. The van der Waals surface area contributed by atoms with E-state index in [4.69, 9.17) is 0 Å². The van der Waals surface area contributed by atoms with Gasteiger partial charge >= 0.3 is 0 Å². The van der Waals surface area contributed by atoms with Crippen LogP contribution >= 0.6 is 0 Å². The largest absolute Gasteiger partial charge is 0.332 e. The van der Waals surface area contributed by atoms with Crippen LogP contribution in [0.25, 0.3) is 0 Å². The normalized spacial score (nSPS) is 15.4. The number of hydrogen-bond acceptors (Lipinski definition) is 1. The molecule has 1 atom stereocenters. The molecule has 0 aliphatic heterocycles. The summed E-state index contributed by atoms with van der Waals surface area (Å²) in [5.41, 5.74) is 0. The van der Waals surface area contributed by atoms with Crippen LogP contribution in [0.3, 0.4) is 0 Å². The maximum absolute atomic E-state index is 2.36. The monoisotopic (exact) mass is 117 g/mol. The Hall–Kier alpha value is 0.177. The van der Waals surface area contributed by atoms with Crippen LogP contribution in [-0.2, 0) is 0 Å². The van der Waals surface area contributed by atoms with Gasteiger partial charge in [-0.15, -0.1) is 0 Å². The Balaban J connectivity index is 3.14. The van der Waals surface area contributed by atoms with E-state index in [0.717, 1.165) is 6.04 Å². The van der Waals surface area contributed by atoms with Gasteiger partial charge in [0.25, 0.3) is 0 Å². The van der Waals surface area contributed by atoms with E-state index in [0.29, 0.717) is 0 Å². The van der Waals surface area contributed by atoms with Crippen molar-refractivity contribution in [2.24, 2.45) is 0 Å². The Morgan fingerprint density at radius 3 is 2.14 bits per heavy atom. The van der Waals surface area contributed by atoms with Crippen molar-refractivity contribution in [3.63, 3.8) is 0 Å². The Morgan fingerprint density at radius 2 is 2.14 bits per heavy atom. The molecule has 0 aliphatic carbocycles. The molecule has 0 rings (SSSR count). The smallest absolute Gasteiger partial charge is 0.0784 e. The zero-order valence-corrected chi connectivity index (χ0v) is 7.73. The van der Waals surface area contributed by atoms with Crippen molar-refractivity contribution in [3.8, 4) is 0 Å². The van der Waals surface area contributed by atoms with Crippen LogP contribution in [0.4, 0.5) is 0 Å². The van der Waals surface area contributed by atoms with E-state index in [1.54, 1.807) is 0 Å². The molecule has 7 heavy (non-hydrogen) atoms. The maximum Gasteiger partial charge on any atom is 0.0784 e. The average Bonchev–Trinajstić information content (AvgIpc) is 1.65. The third-order valence-corrected chi connectivity index (χ3v) is 2.35. The molecule has 0 radical (unpaired) electrons. The van der Waals surface area contributed by atoms with Gasteiger partial charge in [0.05, 0.1) is 10.4 Å². The Kier molecular flexibility index (Phi) is 3.30. The molecular weight excluding hydrogens is 102 g/mol. The lowest BCUT2D eigenvalue weighted by atomic mass is 10.3. The standard InChI is InChI=1S/C5H15NSi/c1-4-5(2)6(3)7/h5H,4H2,1-3,7H3. The summed E-state index contributed by atoms with van der Waals surface area (Å²) >= 11 is 0. The lowest BCUT2D eigenvalue weighted by Gasteiger charge is -2.16. The molecule has 0 aromatic carbocycles. The molecule has 0 aromatic heterocycles. The second-order valence-corrected chi connectivity index (χ2v) is 3.63. The molecule has 1 nitrogen and oxygen atoms in total. The molecule has 0 N–H and O–H groups in total. The van der Waals surface area contributed by atoms with E-state index in [1.165, 1.54) is 16.8 Å². The molecule has 1 unspecified atom stereocenters. The van der Waals surface area contributed by atoms with Crippen LogP contribution in [-0.4, -0.2) is 28.1 Å². The summed E-state index contributed by atoms with van der Waals surface area (Å²) in [4.78, 5) is 0. The van der Waals surface area contributed by atoms with Gasteiger partial charge in [0.1, 0.15) is 0 Å². The topological polar surface area (TPSA) is 3.24 Å². The number of hydrogen-bond donors (Lipinski definition) is 0. The molecule has 0 saturated carbocycles. The molecule has 0 spiro atoms. The Labute approximate surface area is 49.2 Å². The predicted octanol–water partition coefficient (Wildman–Crippen LogP) is -0.00290. The molecule has 2 heteroatoms. The number of nitrogens with zero attached hydrogens (tertiary/aromatic N) is 1. The first-order chi connectivity index (χ1) is 3.18. The molecule has 0 fully saturated rings. The van der Waals surface area contributed by atoms with Crippen molar-refractivity contribution < 1.29 is 0 Å². The van der Waals surface area contributed by atoms with Crippen molar-refractivity contribution in [3.05, 3.63) is 0 Å².